The van der Waals surface area contributed by atoms with Crippen LogP contribution in [0, 0.1) is 24.0 Å². The number of carbonyl (C=O) groups excluding carboxylic acids is 2. The predicted octanol–water partition coefficient (Wildman–Crippen LogP) is 6.61. The maximum atomic E-state index is 12.7. The van der Waals surface area contributed by atoms with E-state index in [1.807, 2.05) is 38.1 Å². The first-order chi connectivity index (χ1) is 22.2. The number of hydrogen-bond acceptors (Lipinski definition) is 8. The largest absolute Gasteiger partial charge is 0.486 e. The molecule has 5 aromatic rings. The van der Waals surface area contributed by atoms with Gasteiger partial charge in [-0.3, -0.25) is 19.7 Å². The van der Waals surface area contributed by atoms with Crippen molar-refractivity contribution in [3.8, 4) is 17.2 Å². The minimum atomic E-state index is -0.697. The minimum absolute atomic E-state index is 0.0285. The van der Waals surface area contributed by atoms with E-state index in [2.05, 4.69) is 32.5 Å². The third kappa shape index (κ3) is 7.79. The summed E-state index contributed by atoms with van der Waals surface area (Å²) in [6.45, 7) is 3.64. The van der Waals surface area contributed by atoms with Crippen molar-refractivity contribution >= 4 is 41.0 Å². The first-order valence-corrected chi connectivity index (χ1v) is 14.3. The molecule has 0 saturated heterocycles. The Kier molecular flexibility index (Phi) is 9.78. The fourth-order valence-corrected chi connectivity index (χ4v) is 4.78. The van der Waals surface area contributed by atoms with E-state index in [0.29, 0.717) is 17.2 Å². The van der Waals surface area contributed by atoms with Crippen LogP contribution in [-0.4, -0.2) is 34.1 Å². The Morgan fingerprint density at radius 1 is 0.978 bits per heavy atom. The number of hydrazone groups is 1. The fourth-order valence-electron chi connectivity index (χ4n) is 4.56. The average Bonchev–Trinajstić information content (AvgIpc) is 3.65. The molecule has 0 saturated carbocycles. The number of nitro groups is 1. The van der Waals surface area contributed by atoms with Crippen molar-refractivity contribution in [3.63, 3.8) is 0 Å². The highest BCUT2D eigenvalue weighted by atomic mass is 35.5. The number of rotatable bonds is 12. The molecule has 2 N–H and O–H groups in total. The van der Waals surface area contributed by atoms with Gasteiger partial charge in [0.25, 0.3) is 5.91 Å². The summed E-state index contributed by atoms with van der Waals surface area (Å²) in [7, 11) is 0. The van der Waals surface area contributed by atoms with Crippen molar-refractivity contribution in [1.82, 2.24) is 9.99 Å². The molecule has 0 fully saturated rings. The molecule has 0 radical (unpaired) electrons. The fraction of sp³-hybridized carbons (Fsp3) is 0.121. The highest BCUT2D eigenvalue weighted by molar-refractivity contribution is 6.31. The van der Waals surface area contributed by atoms with Crippen molar-refractivity contribution in [3.05, 3.63) is 135 Å². The van der Waals surface area contributed by atoms with Crippen LogP contribution in [0.15, 0.2) is 101 Å². The number of nitrogens with one attached hydrogen (secondary N) is 2. The van der Waals surface area contributed by atoms with E-state index in [0.717, 1.165) is 29.4 Å². The molecule has 0 spiro atoms. The quantitative estimate of drug-likeness (QED) is 0.0884. The van der Waals surface area contributed by atoms with Gasteiger partial charge >= 0.3 is 11.6 Å². The molecule has 46 heavy (non-hydrogen) atoms. The Bertz CT molecular complexity index is 1880. The number of ether oxygens (including phenoxy) is 2. The molecule has 0 atom stereocenters. The molecule has 2 aromatic heterocycles. The van der Waals surface area contributed by atoms with Crippen LogP contribution >= 0.6 is 11.6 Å². The number of aromatic nitrogens is 1. The van der Waals surface area contributed by atoms with E-state index >= 15 is 0 Å². The summed E-state index contributed by atoms with van der Waals surface area (Å²) < 4.78 is 19.1. The third-order valence-electron chi connectivity index (χ3n) is 6.67. The van der Waals surface area contributed by atoms with Crippen LogP contribution in [0.3, 0.4) is 0 Å². The number of carbonyl (C=O) groups is 2. The lowest BCUT2D eigenvalue weighted by Crippen LogP contribution is -2.21. The summed E-state index contributed by atoms with van der Waals surface area (Å²) in [6, 6.07) is 25.9. The topological polar surface area (TPSA) is 150 Å². The van der Waals surface area contributed by atoms with Crippen LogP contribution in [0.1, 0.15) is 33.3 Å². The molecule has 234 valence electrons. The summed E-state index contributed by atoms with van der Waals surface area (Å²) >= 11 is 6.08. The van der Waals surface area contributed by atoms with Crippen molar-refractivity contribution in [2.24, 2.45) is 5.10 Å². The molecule has 12 nitrogen and oxygen atoms in total. The molecule has 0 bridgehead atoms. The molecule has 13 heteroatoms. The van der Waals surface area contributed by atoms with E-state index in [1.54, 1.807) is 36.4 Å². The van der Waals surface area contributed by atoms with Crippen LogP contribution in [0.5, 0.6) is 11.5 Å². The molecule has 3 aromatic carbocycles. The highest BCUT2D eigenvalue weighted by Crippen LogP contribution is 2.34. The Balaban J connectivity index is 1.19. The van der Waals surface area contributed by atoms with Gasteiger partial charge in [0, 0.05) is 39.4 Å². The monoisotopic (exact) mass is 641 g/mol. The summed E-state index contributed by atoms with van der Waals surface area (Å²) in [5, 5.41) is 18.2. The predicted molar refractivity (Wildman–Crippen MR) is 172 cm³/mol. The number of para-hydroxylation sites is 1. The Hall–Kier alpha value is -5.88. The zero-order valence-electron chi connectivity index (χ0n) is 24.7. The first kappa shape index (κ1) is 31.5. The van der Waals surface area contributed by atoms with Gasteiger partial charge in [-0.2, -0.15) is 5.10 Å². The van der Waals surface area contributed by atoms with Gasteiger partial charge in [0.2, 0.25) is 5.75 Å². The number of halogens is 1. The normalized spacial score (nSPS) is 10.9. The Morgan fingerprint density at radius 3 is 2.39 bits per heavy atom. The van der Waals surface area contributed by atoms with Crippen LogP contribution in [0.2, 0.25) is 5.02 Å². The number of benzene rings is 3. The first-order valence-electron chi connectivity index (χ1n) is 13.9. The molecule has 0 aliphatic heterocycles. The molecular formula is C33H28ClN5O7. The number of hydrogen-bond donors (Lipinski definition) is 2. The standard InChI is InChI=1S/C33H28ClN5O7/c1-21-8-9-22(2)38(21)26-10-12-27(13-11-26)44-19-28-14-15-30(46-28)33(41)37-35-18-23-16-24(34)17-29(39(42)43)32(23)45-20-31(40)36-25-6-4-3-5-7-25/h3-18H,19-20H2,1-2H3,(H,36,40)(H,37,41)/b35-18+. The van der Waals surface area contributed by atoms with Crippen molar-refractivity contribution in [1.29, 1.82) is 0 Å². The SMILES string of the molecule is Cc1ccc(C)n1-c1ccc(OCc2ccc(C(=O)N/N=C/c3cc(Cl)cc([N+](=O)[O-])c3OCC(=O)Nc3ccccc3)o2)cc1. The second-order valence-corrected chi connectivity index (χ2v) is 10.4. The van der Waals surface area contributed by atoms with Gasteiger partial charge in [0.05, 0.1) is 11.1 Å². The Morgan fingerprint density at radius 2 is 1.70 bits per heavy atom. The zero-order valence-corrected chi connectivity index (χ0v) is 25.5. The van der Waals surface area contributed by atoms with Crippen LogP contribution in [-0.2, 0) is 11.4 Å². The maximum absolute atomic E-state index is 12.7. The second-order valence-electron chi connectivity index (χ2n) is 10.0. The number of anilines is 1. The van der Waals surface area contributed by atoms with Crippen molar-refractivity contribution in [2.45, 2.75) is 20.5 Å². The van der Waals surface area contributed by atoms with E-state index in [1.165, 1.54) is 12.1 Å². The van der Waals surface area contributed by atoms with Gasteiger partial charge in [-0.1, -0.05) is 29.8 Å². The van der Waals surface area contributed by atoms with Gasteiger partial charge in [-0.25, -0.2) is 5.43 Å². The minimum Gasteiger partial charge on any atom is -0.486 e. The summed E-state index contributed by atoms with van der Waals surface area (Å²) in [4.78, 5) is 36.0. The van der Waals surface area contributed by atoms with Crippen molar-refractivity contribution < 1.29 is 28.4 Å². The molecule has 2 amide bonds. The van der Waals surface area contributed by atoms with Crippen LogP contribution in [0.25, 0.3) is 5.69 Å². The van der Waals surface area contributed by atoms with Gasteiger partial charge in [0.15, 0.2) is 12.4 Å². The molecule has 2 heterocycles. The highest BCUT2D eigenvalue weighted by Gasteiger charge is 2.22. The van der Waals surface area contributed by atoms with Gasteiger partial charge in [-0.15, -0.1) is 0 Å². The van der Waals surface area contributed by atoms with E-state index in [4.69, 9.17) is 25.5 Å². The lowest BCUT2D eigenvalue weighted by molar-refractivity contribution is -0.385. The Labute approximate surface area is 268 Å². The zero-order chi connectivity index (χ0) is 32.6. The summed E-state index contributed by atoms with van der Waals surface area (Å²) in [5.74, 6) is -0.459. The smallest absolute Gasteiger partial charge is 0.313 e. The summed E-state index contributed by atoms with van der Waals surface area (Å²) in [5.41, 5.74) is 5.69. The van der Waals surface area contributed by atoms with Crippen molar-refractivity contribution in [2.75, 3.05) is 11.9 Å². The van der Waals surface area contributed by atoms with Crippen LogP contribution < -0.4 is 20.2 Å². The molecule has 5 rings (SSSR count). The van der Waals surface area contributed by atoms with Gasteiger partial charge < -0.3 is 23.8 Å². The molecule has 0 aliphatic rings. The van der Waals surface area contributed by atoms with Gasteiger partial charge in [0.1, 0.15) is 18.1 Å². The molecular weight excluding hydrogens is 614 g/mol. The van der Waals surface area contributed by atoms with E-state index in [-0.39, 0.29) is 28.7 Å². The number of amides is 2. The van der Waals surface area contributed by atoms with E-state index < -0.39 is 29.0 Å². The molecule has 0 unspecified atom stereocenters. The van der Waals surface area contributed by atoms with Gasteiger partial charge in [-0.05, 0) is 80.6 Å². The lowest BCUT2D eigenvalue weighted by Gasteiger charge is -2.11. The van der Waals surface area contributed by atoms with E-state index in [9.17, 15) is 19.7 Å². The summed E-state index contributed by atoms with van der Waals surface area (Å²) in [6.07, 6.45) is 1.12. The molecule has 0 aliphatic carbocycles. The average molecular weight is 642 g/mol. The number of nitro benzene ring substituents is 1. The number of nitrogens with zero attached hydrogens (tertiary/aromatic N) is 3. The third-order valence-corrected chi connectivity index (χ3v) is 6.89. The number of furan rings is 1. The lowest BCUT2D eigenvalue weighted by atomic mass is 10.2. The second kappa shape index (κ2) is 14.3. The maximum Gasteiger partial charge on any atom is 0.313 e. The van der Waals surface area contributed by atoms with Crippen LogP contribution in [0.4, 0.5) is 11.4 Å². The number of aryl methyl sites for hydroxylation is 2.